The van der Waals surface area contributed by atoms with Crippen molar-refractivity contribution in [3.05, 3.63) is 70.0 Å². The normalized spacial score (nSPS) is 14.8. The van der Waals surface area contributed by atoms with Gasteiger partial charge in [0.1, 0.15) is 6.04 Å². The molecule has 4 rings (SSSR count). The van der Waals surface area contributed by atoms with Gasteiger partial charge in [0.05, 0.1) is 4.90 Å². The van der Waals surface area contributed by atoms with E-state index in [2.05, 4.69) is 21.1 Å². The molecular formula is C25H29N3O4S. The van der Waals surface area contributed by atoms with Crippen LogP contribution in [0.2, 0.25) is 0 Å². The monoisotopic (exact) mass is 467 g/mol. The van der Waals surface area contributed by atoms with Crippen molar-refractivity contribution in [2.45, 2.75) is 56.9 Å². The Labute approximate surface area is 193 Å². The second kappa shape index (κ2) is 9.49. The molecule has 0 bridgehead atoms. The molecule has 1 aliphatic rings. The zero-order chi connectivity index (χ0) is 23.6. The molecule has 0 saturated carbocycles. The number of H-pyrrole nitrogens is 1. The SMILES string of the molecule is CC(C)CC(NS(=O)(=O)c1ccc2[nH]c(=O)ccc2c1)C(=O)Nc1cccc2c1CCCC2. The van der Waals surface area contributed by atoms with Gasteiger partial charge < -0.3 is 10.3 Å². The molecule has 1 aliphatic carbocycles. The molecule has 0 spiro atoms. The number of sulfonamides is 1. The van der Waals surface area contributed by atoms with Crippen LogP contribution in [0.25, 0.3) is 10.9 Å². The van der Waals surface area contributed by atoms with Gasteiger partial charge in [-0.15, -0.1) is 0 Å². The van der Waals surface area contributed by atoms with E-state index in [9.17, 15) is 18.0 Å². The lowest BCUT2D eigenvalue weighted by Crippen LogP contribution is -2.44. The topological polar surface area (TPSA) is 108 Å². The van der Waals surface area contributed by atoms with E-state index >= 15 is 0 Å². The molecular weight excluding hydrogens is 438 g/mol. The molecule has 3 N–H and O–H groups in total. The fourth-order valence-corrected chi connectivity index (χ4v) is 5.60. The average molecular weight is 468 g/mol. The minimum Gasteiger partial charge on any atom is -0.324 e. The summed E-state index contributed by atoms with van der Waals surface area (Å²) in [5.41, 5.74) is 3.45. The number of hydrogen-bond donors (Lipinski definition) is 3. The zero-order valence-corrected chi connectivity index (χ0v) is 19.7. The van der Waals surface area contributed by atoms with Crippen LogP contribution in [0, 0.1) is 5.92 Å². The first kappa shape index (κ1) is 23.2. The van der Waals surface area contributed by atoms with Crippen LogP contribution in [0.15, 0.2) is 58.2 Å². The molecule has 2 aromatic carbocycles. The van der Waals surface area contributed by atoms with Gasteiger partial charge in [0, 0.05) is 17.3 Å². The Kier molecular flexibility index (Phi) is 6.67. The number of rotatable bonds is 7. The number of fused-ring (bicyclic) bond motifs is 2. The lowest BCUT2D eigenvalue weighted by atomic mass is 9.90. The predicted octanol–water partition coefficient (Wildman–Crippen LogP) is 3.74. The number of aryl methyl sites for hydroxylation is 1. The summed E-state index contributed by atoms with van der Waals surface area (Å²) in [5, 5.41) is 3.58. The van der Waals surface area contributed by atoms with Crippen molar-refractivity contribution in [3.8, 4) is 0 Å². The predicted molar refractivity (Wildman–Crippen MR) is 130 cm³/mol. The van der Waals surface area contributed by atoms with Crippen LogP contribution in [0.5, 0.6) is 0 Å². The highest BCUT2D eigenvalue weighted by molar-refractivity contribution is 7.89. The van der Waals surface area contributed by atoms with Gasteiger partial charge in [-0.3, -0.25) is 9.59 Å². The Hall–Kier alpha value is -2.97. The van der Waals surface area contributed by atoms with Gasteiger partial charge in [-0.2, -0.15) is 4.72 Å². The van der Waals surface area contributed by atoms with Crippen molar-refractivity contribution in [2.24, 2.45) is 5.92 Å². The maximum Gasteiger partial charge on any atom is 0.248 e. The first-order chi connectivity index (χ1) is 15.7. The van der Waals surface area contributed by atoms with E-state index in [1.165, 1.54) is 23.8 Å². The number of hydrogen-bond acceptors (Lipinski definition) is 4. The minimum absolute atomic E-state index is 0.0423. The highest BCUT2D eigenvalue weighted by Crippen LogP contribution is 2.28. The summed E-state index contributed by atoms with van der Waals surface area (Å²) in [6, 6.07) is 12.4. The van der Waals surface area contributed by atoms with Crippen molar-refractivity contribution < 1.29 is 13.2 Å². The van der Waals surface area contributed by atoms with Gasteiger partial charge in [-0.25, -0.2) is 8.42 Å². The van der Waals surface area contributed by atoms with Crippen LogP contribution in [0.3, 0.4) is 0 Å². The third-order valence-electron chi connectivity index (χ3n) is 5.98. The first-order valence-corrected chi connectivity index (χ1v) is 12.8. The number of aromatic nitrogens is 1. The van der Waals surface area contributed by atoms with Gasteiger partial charge in [-0.05, 0) is 84.9 Å². The quantitative estimate of drug-likeness (QED) is 0.492. The van der Waals surface area contributed by atoms with Crippen molar-refractivity contribution in [3.63, 3.8) is 0 Å². The smallest absolute Gasteiger partial charge is 0.248 e. The van der Waals surface area contributed by atoms with Gasteiger partial charge >= 0.3 is 0 Å². The molecule has 1 atom stereocenters. The van der Waals surface area contributed by atoms with Crippen molar-refractivity contribution in [1.29, 1.82) is 0 Å². The molecule has 1 amide bonds. The molecule has 0 fully saturated rings. The molecule has 3 aromatic rings. The molecule has 174 valence electrons. The van der Waals surface area contributed by atoms with Gasteiger partial charge in [0.15, 0.2) is 0 Å². The van der Waals surface area contributed by atoms with Crippen LogP contribution >= 0.6 is 0 Å². The molecule has 33 heavy (non-hydrogen) atoms. The van der Waals surface area contributed by atoms with Crippen molar-refractivity contribution in [1.82, 2.24) is 9.71 Å². The third kappa shape index (κ3) is 5.34. The van der Waals surface area contributed by atoms with E-state index in [0.717, 1.165) is 36.9 Å². The van der Waals surface area contributed by atoms with E-state index < -0.39 is 16.1 Å². The van der Waals surface area contributed by atoms with E-state index in [-0.39, 0.29) is 22.3 Å². The highest BCUT2D eigenvalue weighted by atomic mass is 32.2. The molecule has 0 aliphatic heterocycles. The summed E-state index contributed by atoms with van der Waals surface area (Å²) < 4.78 is 28.9. The molecule has 0 radical (unpaired) electrons. The Bertz CT molecular complexity index is 1350. The summed E-state index contributed by atoms with van der Waals surface area (Å²) in [7, 11) is -3.96. The Balaban J connectivity index is 1.59. The Morgan fingerprint density at radius 3 is 2.64 bits per heavy atom. The lowest BCUT2D eigenvalue weighted by Gasteiger charge is -2.23. The summed E-state index contributed by atoms with van der Waals surface area (Å²) in [4.78, 5) is 27.4. The molecule has 0 saturated heterocycles. The van der Waals surface area contributed by atoms with Crippen molar-refractivity contribution >= 4 is 32.5 Å². The summed E-state index contributed by atoms with van der Waals surface area (Å²) in [6.45, 7) is 3.90. The molecule has 1 unspecified atom stereocenters. The van der Waals surface area contributed by atoms with Gasteiger partial charge in [-0.1, -0.05) is 26.0 Å². The highest BCUT2D eigenvalue weighted by Gasteiger charge is 2.27. The zero-order valence-electron chi connectivity index (χ0n) is 18.9. The molecule has 1 heterocycles. The lowest BCUT2D eigenvalue weighted by molar-refractivity contribution is -0.118. The standard InChI is InChI=1S/C25H29N3O4S/c1-16(2)14-23(25(30)27-22-9-5-7-17-6-3-4-8-20(17)22)28-33(31,32)19-11-12-21-18(15-19)10-13-24(29)26-21/h5,7,9-13,15-16,23,28H,3-4,6,8,14H2,1-2H3,(H,26,29)(H,27,30). The number of amides is 1. The number of nitrogens with one attached hydrogen (secondary N) is 3. The average Bonchev–Trinajstić information content (AvgIpc) is 2.78. The number of carbonyl (C=O) groups is 1. The van der Waals surface area contributed by atoms with E-state index in [0.29, 0.717) is 17.3 Å². The minimum atomic E-state index is -3.96. The second-order valence-corrected chi connectivity index (χ2v) is 10.7. The van der Waals surface area contributed by atoms with Crippen LogP contribution in [0.4, 0.5) is 5.69 Å². The largest absolute Gasteiger partial charge is 0.324 e. The number of anilines is 1. The Morgan fingerprint density at radius 2 is 1.85 bits per heavy atom. The maximum absolute atomic E-state index is 13.2. The summed E-state index contributed by atoms with van der Waals surface area (Å²) >= 11 is 0. The second-order valence-electron chi connectivity index (χ2n) is 9.01. The van der Waals surface area contributed by atoms with E-state index in [4.69, 9.17) is 0 Å². The first-order valence-electron chi connectivity index (χ1n) is 11.3. The number of pyridine rings is 1. The maximum atomic E-state index is 13.2. The van der Waals surface area contributed by atoms with Crippen molar-refractivity contribution in [2.75, 3.05) is 5.32 Å². The summed E-state index contributed by atoms with van der Waals surface area (Å²) in [6.07, 6.45) is 4.48. The number of carbonyl (C=O) groups excluding carboxylic acids is 1. The third-order valence-corrected chi connectivity index (χ3v) is 7.45. The number of benzene rings is 2. The molecule has 8 heteroatoms. The fourth-order valence-electron chi connectivity index (χ4n) is 4.35. The van der Waals surface area contributed by atoms with E-state index in [1.54, 1.807) is 12.1 Å². The Morgan fingerprint density at radius 1 is 1.06 bits per heavy atom. The number of aromatic amines is 1. The van der Waals surface area contributed by atoms with Crippen LogP contribution in [-0.4, -0.2) is 25.4 Å². The van der Waals surface area contributed by atoms with Gasteiger partial charge in [0.2, 0.25) is 21.5 Å². The van der Waals surface area contributed by atoms with Crippen LogP contribution in [0.1, 0.15) is 44.2 Å². The molecule has 1 aromatic heterocycles. The van der Waals surface area contributed by atoms with Gasteiger partial charge in [0.25, 0.3) is 0 Å². The molecule has 7 nitrogen and oxygen atoms in total. The van der Waals surface area contributed by atoms with Crippen LogP contribution < -0.4 is 15.6 Å². The van der Waals surface area contributed by atoms with E-state index in [1.807, 2.05) is 26.0 Å². The summed E-state index contributed by atoms with van der Waals surface area (Å²) in [5.74, 6) is -0.258. The van der Waals surface area contributed by atoms with Crippen LogP contribution in [-0.2, 0) is 27.7 Å². The fraction of sp³-hybridized carbons (Fsp3) is 0.360.